The summed E-state index contributed by atoms with van der Waals surface area (Å²) in [4.78, 5) is 0. The minimum Gasteiger partial charge on any atom is -0.379 e. The number of anilines is 1. The average Bonchev–Trinajstić information content (AvgIpc) is 2.61. The van der Waals surface area contributed by atoms with Crippen molar-refractivity contribution in [2.24, 2.45) is 5.92 Å². The quantitative estimate of drug-likeness (QED) is 0.863. The molecular formula is C21H27NO2. The first-order valence-electron chi connectivity index (χ1n) is 9.12. The van der Waals surface area contributed by atoms with Crippen molar-refractivity contribution in [3.63, 3.8) is 0 Å². The molecule has 1 unspecified atom stereocenters. The monoisotopic (exact) mass is 325 g/mol. The average molecular weight is 325 g/mol. The summed E-state index contributed by atoms with van der Waals surface area (Å²) in [7, 11) is 0. The molecule has 1 fully saturated rings. The van der Waals surface area contributed by atoms with Crippen LogP contribution in [0.25, 0.3) is 0 Å². The van der Waals surface area contributed by atoms with Crippen LogP contribution < -0.4 is 5.32 Å². The van der Waals surface area contributed by atoms with Crippen LogP contribution in [-0.2, 0) is 9.47 Å². The maximum absolute atomic E-state index is 6.21. The molecule has 1 aromatic rings. The Balaban J connectivity index is 1.72. The maximum atomic E-state index is 6.21. The Morgan fingerprint density at radius 3 is 2.79 bits per heavy atom. The third kappa shape index (κ3) is 2.70. The third-order valence-electron chi connectivity index (χ3n) is 5.62. The van der Waals surface area contributed by atoms with Crippen molar-refractivity contribution in [2.45, 2.75) is 51.4 Å². The number of hydrogen-bond donors (Lipinski definition) is 1. The van der Waals surface area contributed by atoms with E-state index in [1.165, 1.54) is 22.4 Å². The first-order chi connectivity index (χ1) is 11.6. The lowest BCUT2D eigenvalue weighted by atomic mass is 9.78. The Kier molecular flexibility index (Phi) is 4.23. The van der Waals surface area contributed by atoms with Gasteiger partial charge in [-0.2, -0.15) is 0 Å². The second-order valence-corrected chi connectivity index (χ2v) is 7.48. The van der Waals surface area contributed by atoms with Gasteiger partial charge < -0.3 is 14.8 Å². The predicted molar refractivity (Wildman–Crippen MR) is 97.4 cm³/mol. The zero-order valence-corrected chi connectivity index (χ0v) is 14.8. The van der Waals surface area contributed by atoms with Crippen molar-refractivity contribution < 1.29 is 9.47 Å². The van der Waals surface area contributed by atoms with Crippen molar-refractivity contribution in [2.75, 3.05) is 18.5 Å². The lowest BCUT2D eigenvalue weighted by molar-refractivity contribution is -0.154. The molecule has 3 heteroatoms. The van der Waals surface area contributed by atoms with Gasteiger partial charge in [-0.3, -0.25) is 0 Å². The molecule has 128 valence electrons. The van der Waals surface area contributed by atoms with E-state index in [1.54, 1.807) is 0 Å². The van der Waals surface area contributed by atoms with Gasteiger partial charge in [-0.1, -0.05) is 49.8 Å². The molecule has 1 aliphatic carbocycles. The smallest absolute Gasteiger partial charge is 0.113 e. The van der Waals surface area contributed by atoms with E-state index in [0.29, 0.717) is 25.0 Å². The molecule has 0 aromatic heterocycles. The van der Waals surface area contributed by atoms with E-state index >= 15 is 0 Å². The Labute approximate surface area is 144 Å². The van der Waals surface area contributed by atoms with Gasteiger partial charge in [0.25, 0.3) is 0 Å². The zero-order chi connectivity index (χ0) is 16.7. The van der Waals surface area contributed by atoms with Crippen molar-refractivity contribution >= 4 is 5.69 Å². The fourth-order valence-electron chi connectivity index (χ4n) is 4.18. The van der Waals surface area contributed by atoms with E-state index in [-0.39, 0.29) is 18.2 Å². The number of benzene rings is 1. The van der Waals surface area contributed by atoms with Gasteiger partial charge in [-0.25, -0.2) is 0 Å². The molecule has 4 atom stereocenters. The van der Waals surface area contributed by atoms with Gasteiger partial charge in [0, 0.05) is 17.2 Å². The molecule has 0 saturated carbocycles. The number of rotatable bonds is 2. The van der Waals surface area contributed by atoms with E-state index in [1.807, 2.05) is 0 Å². The Hall–Kier alpha value is -1.58. The summed E-state index contributed by atoms with van der Waals surface area (Å²) < 4.78 is 12.4. The van der Waals surface area contributed by atoms with Gasteiger partial charge in [0.15, 0.2) is 0 Å². The molecule has 3 nitrogen and oxygen atoms in total. The molecule has 3 aliphatic rings. The lowest BCUT2D eigenvalue weighted by Crippen LogP contribution is -2.51. The topological polar surface area (TPSA) is 30.5 Å². The van der Waals surface area contributed by atoms with Crippen LogP contribution in [0.3, 0.4) is 0 Å². The molecule has 1 saturated heterocycles. The fraction of sp³-hybridized carbons (Fsp3) is 0.524. The summed E-state index contributed by atoms with van der Waals surface area (Å²) in [5, 5.41) is 3.78. The van der Waals surface area contributed by atoms with Crippen LogP contribution in [0.1, 0.15) is 50.3 Å². The Morgan fingerprint density at radius 1 is 1.17 bits per heavy atom. The van der Waals surface area contributed by atoms with Crippen LogP contribution in [0.5, 0.6) is 0 Å². The lowest BCUT2D eigenvalue weighted by Gasteiger charge is -2.46. The second kappa shape index (κ2) is 6.38. The highest BCUT2D eigenvalue weighted by molar-refractivity contribution is 5.58. The number of ether oxygens (including phenoxy) is 2. The highest BCUT2D eigenvalue weighted by atomic mass is 16.6. The molecule has 0 radical (unpaired) electrons. The Bertz CT molecular complexity index is 676. The standard InChI is InChI=1S/C21H27NO2/c1-13(2)15-8-9-18-17(12-15)20-21(24-11-10-23-20)19(22-18)16-7-5-4-6-14(16)3/h4-6,8-9,12-13,16,19-22H,7,10-11H2,1-3H3/t16?,19-,20+,21-/m0/s1. The van der Waals surface area contributed by atoms with Gasteiger partial charge in [0.05, 0.1) is 19.3 Å². The summed E-state index contributed by atoms with van der Waals surface area (Å²) in [5.74, 6) is 0.978. The maximum Gasteiger partial charge on any atom is 0.113 e. The van der Waals surface area contributed by atoms with Crippen molar-refractivity contribution in [1.82, 2.24) is 0 Å². The largest absolute Gasteiger partial charge is 0.379 e. The highest BCUT2D eigenvalue weighted by Gasteiger charge is 2.43. The summed E-state index contributed by atoms with van der Waals surface area (Å²) >= 11 is 0. The van der Waals surface area contributed by atoms with Crippen LogP contribution in [0.4, 0.5) is 5.69 Å². The normalized spacial score (nSPS) is 31.9. The summed E-state index contributed by atoms with van der Waals surface area (Å²) in [6.07, 6.45) is 7.83. The molecule has 2 aliphatic heterocycles. The van der Waals surface area contributed by atoms with Gasteiger partial charge in [0.2, 0.25) is 0 Å². The highest BCUT2D eigenvalue weighted by Crippen LogP contribution is 2.43. The fourth-order valence-corrected chi connectivity index (χ4v) is 4.18. The molecule has 0 amide bonds. The van der Waals surface area contributed by atoms with E-state index in [0.717, 1.165) is 6.42 Å². The van der Waals surface area contributed by atoms with E-state index in [4.69, 9.17) is 9.47 Å². The van der Waals surface area contributed by atoms with Crippen LogP contribution in [0.2, 0.25) is 0 Å². The third-order valence-corrected chi connectivity index (χ3v) is 5.62. The zero-order valence-electron chi connectivity index (χ0n) is 14.8. The molecule has 2 heterocycles. The number of hydrogen-bond acceptors (Lipinski definition) is 3. The molecule has 4 rings (SSSR count). The van der Waals surface area contributed by atoms with Crippen LogP contribution in [-0.4, -0.2) is 25.4 Å². The molecular weight excluding hydrogens is 298 g/mol. The van der Waals surface area contributed by atoms with Gasteiger partial charge in [-0.05, 0) is 30.9 Å². The van der Waals surface area contributed by atoms with Crippen LogP contribution in [0.15, 0.2) is 42.0 Å². The van der Waals surface area contributed by atoms with Gasteiger partial charge in [0.1, 0.15) is 12.2 Å². The van der Waals surface area contributed by atoms with Crippen LogP contribution in [0, 0.1) is 5.92 Å². The first-order valence-corrected chi connectivity index (χ1v) is 9.12. The number of fused-ring (bicyclic) bond motifs is 3. The van der Waals surface area contributed by atoms with Crippen LogP contribution >= 0.6 is 0 Å². The van der Waals surface area contributed by atoms with Gasteiger partial charge >= 0.3 is 0 Å². The minimum atomic E-state index is 0.0393. The summed E-state index contributed by atoms with van der Waals surface area (Å²) in [6, 6.07) is 7.03. The molecule has 24 heavy (non-hydrogen) atoms. The van der Waals surface area contributed by atoms with Gasteiger partial charge in [-0.15, -0.1) is 0 Å². The second-order valence-electron chi connectivity index (χ2n) is 7.48. The molecule has 0 bridgehead atoms. The van der Waals surface area contributed by atoms with E-state index in [9.17, 15) is 0 Å². The Morgan fingerprint density at radius 2 is 2.00 bits per heavy atom. The number of allylic oxidation sites excluding steroid dienone is 3. The number of nitrogens with one attached hydrogen (secondary N) is 1. The summed E-state index contributed by atoms with van der Waals surface area (Å²) in [5.41, 5.74) is 5.25. The molecule has 1 aromatic carbocycles. The van der Waals surface area contributed by atoms with E-state index in [2.05, 4.69) is 62.5 Å². The SMILES string of the molecule is CC1=CC=CCC1[C@@H]1Nc2ccc(C(C)C)cc2[C@H]2OCCO[C@H]21. The molecule has 1 N–H and O–H groups in total. The van der Waals surface area contributed by atoms with E-state index < -0.39 is 0 Å². The molecule has 0 spiro atoms. The first kappa shape index (κ1) is 15.9. The predicted octanol–water partition coefficient (Wildman–Crippen LogP) is 4.58. The summed E-state index contributed by atoms with van der Waals surface area (Å²) in [6.45, 7) is 8.06. The van der Waals surface area contributed by atoms with Crippen molar-refractivity contribution in [1.29, 1.82) is 0 Å². The van der Waals surface area contributed by atoms with Crippen molar-refractivity contribution in [3.8, 4) is 0 Å². The van der Waals surface area contributed by atoms with Crippen molar-refractivity contribution in [3.05, 3.63) is 53.1 Å². The minimum absolute atomic E-state index is 0.0393.